The molecule has 4 aromatic heterocycles. The van der Waals surface area contributed by atoms with E-state index in [1.807, 2.05) is 85.5 Å². The summed E-state index contributed by atoms with van der Waals surface area (Å²) in [6.07, 6.45) is 11.2. The van der Waals surface area contributed by atoms with Gasteiger partial charge in [0.1, 0.15) is 0 Å². The Bertz CT molecular complexity index is 2100. The average Bonchev–Trinajstić information content (AvgIpc) is 3.24. The molecule has 4 heterocycles. The second-order valence-corrected chi connectivity index (χ2v) is 11.3. The monoisotopic (exact) mass is 820 g/mol. The molecule has 0 saturated carbocycles. The number of nitrogens with zero attached hydrogens (tertiary/aromatic N) is 2. The van der Waals surface area contributed by atoms with Gasteiger partial charge < -0.3 is 50.4 Å². The minimum atomic E-state index is -1.94. The van der Waals surface area contributed by atoms with E-state index in [-0.39, 0.29) is 0 Å². The maximum atomic E-state index is 10.8. The number of hydrogen-bond acceptors (Lipinski definition) is 12. The first-order chi connectivity index (χ1) is 28.4. The van der Waals surface area contributed by atoms with Gasteiger partial charge in [-0.25, -0.2) is 38.7 Å². The number of pyridine rings is 4. The highest BCUT2D eigenvalue weighted by Crippen LogP contribution is 2.20. The van der Waals surface area contributed by atoms with Crippen LogP contribution in [0.25, 0.3) is 22.5 Å². The molecule has 20 heteroatoms. The zero-order valence-electron chi connectivity index (χ0n) is 30.2. The number of carbonyl (C=O) groups is 8. The van der Waals surface area contributed by atoms with Crippen molar-refractivity contribution in [1.29, 1.82) is 0 Å². The Morgan fingerprint density at radius 2 is 0.633 bits per heavy atom. The van der Waals surface area contributed by atoms with E-state index < -0.39 is 92.3 Å². The molecule has 60 heavy (non-hydrogen) atoms. The average molecular weight is 821 g/mol. The van der Waals surface area contributed by atoms with Crippen molar-refractivity contribution in [3.63, 3.8) is 0 Å². The zero-order valence-corrected chi connectivity index (χ0v) is 30.2. The van der Waals surface area contributed by atoms with Crippen LogP contribution < -0.4 is 20.2 Å². The van der Waals surface area contributed by atoms with Crippen molar-refractivity contribution in [1.82, 2.24) is 9.97 Å². The maximum absolute atomic E-state index is 10.8. The summed E-state index contributed by atoms with van der Waals surface area (Å²) in [7, 11) is 0. The molecule has 8 N–H and O–H groups in total. The number of carboxylic acids is 8. The Hall–Kier alpha value is -9.20. The van der Waals surface area contributed by atoms with Crippen LogP contribution in [0.4, 0.5) is 0 Å². The molecule has 0 aliphatic heterocycles. The topological polar surface area (TPSA) is 358 Å². The van der Waals surface area contributed by atoms with Gasteiger partial charge in [-0.3, -0.25) is 9.97 Å². The van der Waals surface area contributed by atoms with Crippen LogP contribution in [-0.4, -0.2) is 88.4 Å². The Kier molecular flexibility index (Phi) is 16.0. The molecule has 0 amide bonds. The standard InChI is InChI=1S/2C10H8N2.2C10H6O8/c2*1-2-6-12-10(3-1)9-4-7-11-8-5-9;2*11-7(12)3-1-4(8(13)14)6(10(17)18)2-5(3)9(15)16/h2*1-8H;2*1-2H,(H,11,12)(H,13,14)(H,15,16)(H,17,18). The first kappa shape index (κ1) is 45.2. The van der Waals surface area contributed by atoms with E-state index in [4.69, 9.17) is 30.6 Å². The maximum Gasteiger partial charge on any atom is 0.336 e. The minimum absolute atomic E-state index is 0.386. The van der Waals surface area contributed by atoms with Gasteiger partial charge in [0, 0.05) is 58.9 Å². The van der Waals surface area contributed by atoms with Crippen molar-refractivity contribution in [2.45, 2.75) is 0 Å². The second kappa shape index (κ2) is 21.2. The van der Waals surface area contributed by atoms with E-state index in [1.165, 1.54) is 0 Å². The Balaban J connectivity index is 0.000000217. The molecule has 6 rings (SSSR count). The number of carbonyl (C=O) groups excluding carboxylic acids is 2. The third kappa shape index (κ3) is 12.4. The van der Waals surface area contributed by atoms with E-state index >= 15 is 0 Å². The molecular formula is C40H28N4O16. The Morgan fingerprint density at radius 1 is 0.383 bits per heavy atom. The summed E-state index contributed by atoms with van der Waals surface area (Å²) in [6.45, 7) is 0. The van der Waals surface area contributed by atoms with Gasteiger partial charge in [0.2, 0.25) is 0 Å². The fourth-order valence-electron chi connectivity index (χ4n) is 4.78. The first-order valence-corrected chi connectivity index (χ1v) is 16.4. The lowest BCUT2D eigenvalue weighted by molar-refractivity contribution is -0.378. The normalized spacial score (nSPS) is 9.73. The van der Waals surface area contributed by atoms with E-state index in [9.17, 15) is 48.6 Å². The van der Waals surface area contributed by atoms with Crippen molar-refractivity contribution in [3.05, 3.63) is 167 Å². The van der Waals surface area contributed by atoms with Crippen molar-refractivity contribution in [2.24, 2.45) is 0 Å². The van der Waals surface area contributed by atoms with E-state index in [1.54, 1.807) is 12.4 Å². The summed E-state index contributed by atoms with van der Waals surface area (Å²) in [6, 6.07) is 21.6. The molecule has 0 aliphatic carbocycles. The molecule has 0 radical (unpaired) electrons. The second-order valence-electron chi connectivity index (χ2n) is 11.3. The number of carboxylic acid groups (broad SMARTS) is 8. The Morgan fingerprint density at radius 3 is 0.850 bits per heavy atom. The quantitative estimate of drug-likeness (QED) is 0.114. The molecule has 0 unspecified atom stereocenters. The summed E-state index contributed by atoms with van der Waals surface area (Å²) in [5.74, 6) is -14.0. The number of hydrogen-bond donors (Lipinski definition) is 6. The van der Waals surface area contributed by atoms with Crippen molar-refractivity contribution >= 4 is 47.8 Å². The zero-order chi connectivity index (χ0) is 44.5. The number of nitrogens with one attached hydrogen (secondary N) is 2. The SMILES string of the molecule is O=C(O)c1cc(C(=O)O)c(C(=O)O)cc1C(=O)O.O=C([O-])c1cc(C(=O)[O-])c(C(=O)O)cc1C(=O)O.c1ccc(-c2cc[nH+]cc2)nc1.c1ccc(-c2cc[nH+]cc2)nc1. The fourth-order valence-corrected chi connectivity index (χ4v) is 4.78. The lowest BCUT2D eigenvalue weighted by Crippen LogP contribution is -2.29. The molecule has 0 spiro atoms. The highest BCUT2D eigenvalue weighted by atomic mass is 16.4. The van der Waals surface area contributed by atoms with Crippen LogP contribution in [0.5, 0.6) is 0 Å². The molecule has 0 atom stereocenters. The van der Waals surface area contributed by atoms with Gasteiger partial charge in [-0.15, -0.1) is 0 Å². The van der Waals surface area contributed by atoms with Crippen LogP contribution in [0.1, 0.15) is 82.9 Å². The highest BCUT2D eigenvalue weighted by Gasteiger charge is 2.25. The third-order valence-electron chi connectivity index (χ3n) is 7.50. The van der Waals surface area contributed by atoms with Gasteiger partial charge in [-0.2, -0.15) is 0 Å². The fraction of sp³-hybridized carbons (Fsp3) is 0. The Labute approximate surface area is 335 Å². The van der Waals surface area contributed by atoms with Gasteiger partial charge in [0.15, 0.2) is 24.8 Å². The van der Waals surface area contributed by atoms with Gasteiger partial charge in [0.05, 0.1) is 56.7 Å². The molecule has 304 valence electrons. The van der Waals surface area contributed by atoms with Crippen LogP contribution >= 0.6 is 0 Å². The summed E-state index contributed by atoms with van der Waals surface area (Å²) in [5, 5.41) is 73.7. The minimum Gasteiger partial charge on any atom is -0.545 e. The molecule has 0 bridgehead atoms. The number of aromatic carboxylic acids is 8. The number of rotatable bonds is 10. The first-order valence-electron chi connectivity index (χ1n) is 16.4. The number of aromatic amines is 2. The van der Waals surface area contributed by atoms with Crippen LogP contribution in [-0.2, 0) is 0 Å². The summed E-state index contributed by atoms with van der Waals surface area (Å²) in [5.41, 5.74) is -2.50. The number of benzene rings is 2. The van der Waals surface area contributed by atoms with Crippen LogP contribution in [0.2, 0.25) is 0 Å². The molecule has 20 nitrogen and oxygen atoms in total. The molecule has 0 saturated heterocycles. The molecule has 6 aromatic rings. The lowest BCUT2D eigenvalue weighted by atomic mass is 9.98. The van der Waals surface area contributed by atoms with Crippen molar-refractivity contribution in [2.75, 3.05) is 0 Å². The predicted octanol–water partition coefficient (Wildman–Crippen LogP) is 1.41. The number of aromatic nitrogens is 4. The van der Waals surface area contributed by atoms with Crippen LogP contribution in [0.3, 0.4) is 0 Å². The van der Waals surface area contributed by atoms with Gasteiger partial charge in [-0.05, 0) is 48.5 Å². The molecule has 0 aliphatic rings. The van der Waals surface area contributed by atoms with Crippen molar-refractivity contribution < 1.29 is 89.2 Å². The van der Waals surface area contributed by atoms with Crippen LogP contribution in [0.15, 0.2) is 122 Å². The van der Waals surface area contributed by atoms with Gasteiger partial charge >= 0.3 is 35.8 Å². The third-order valence-corrected chi connectivity index (χ3v) is 7.50. The number of H-pyrrole nitrogens is 2. The molecule has 0 fully saturated rings. The van der Waals surface area contributed by atoms with E-state index in [0.29, 0.717) is 24.3 Å². The molecular weight excluding hydrogens is 792 g/mol. The smallest absolute Gasteiger partial charge is 0.336 e. The van der Waals surface area contributed by atoms with Crippen LogP contribution in [0, 0.1) is 0 Å². The van der Waals surface area contributed by atoms with Gasteiger partial charge in [0.25, 0.3) is 0 Å². The highest BCUT2D eigenvalue weighted by molar-refractivity contribution is 6.09. The molecule has 2 aromatic carbocycles. The van der Waals surface area contributed by atoms with Crippen molar-refractivity contribution in [3.8, 4) is 22.5 Å². The van der Waals surface area contributed by atoms with Gasteiger partial charge in [-0.1, -0.05) is 12.1 Å². The van der Waals surface area contributed by atoms with E-state index in [2.05, 4.69) is 19.9 Å². The lowest BCUT2D eigenvalue weighted by Gasteiger charge is -2.13. The summed E-state index contributed by atoms with van der Waals surface area (Å²) >= 11 is 0. The summed E-state index contributed by atoms with van der Waals surface area (Å²) < 4.78 is 0. The summed E-state index contributed by atoms with van der Waals surface area (Å²) in [4.78, 5) is 100. The predicted molar refractivity (Wildman–Crippen MR) is 196 cm³/mol. The largest absolute Gasteiger partial charge is 0.545 e. The van der Waals surface area contributed by atoms with E-state index in [0.717, 1.165) is 22.5 Å².